The lowest BCUT2D eigenvalue weighted by Gasteiger charge is -2.23. The first kappa shape index (κ1) is 16.1. The molecule has 0 aliphatic heterocycles. The number of aliphatic hydroxyl groups excluding tert-OH is 1. The number of rotatable bonds is 5. The number of thioether (sulfide) groups is 1. The third-order valence-electron chi connectivity index (χ3n) is 2.72. The van der Waals surface area contributed by atoms with E-state index in [0.29, 0.717) is 6.07 Å². The minimum Gasteiger partial charge on any atom is -0.395 e. The maximum absolute atomic E-state index is 13.6. The Labute approximate surface area is 113 Å². The predicted octanol–water partition coefficient (Wildman–Crippen LogP) is 3.37. The zero-order chi connectivity index (χ0) is 14.6. The van der Waals surface area contributed by atoms with Gasteiger partial charge in [0.15, 0.2) is 0 Å². The Morgan fingerprint density at radius 1 is 1.37 bits per heavy atom. The number of benzene rings is 1. The van der Waals surface area contributed by atoms with Gasteiger partial charge in [0.1, 0.15) is 5.82 Å². The summed E-state index contributed by atoms with van der Waals surface area (Å²) in [6.07, 6.45) is -2.76. The van der Waals surface area contributed by atoms with Crippen LogP contribution in [-0.4, -0.2) is 29.3 Å². The van der Waals surface area contributed by atoms with Crippen LogP contribution in [0.4, 0.5) is 23.2 Å². The number of hydrogen-bond acceptors (Lipinski definition) is 3. The van der Waals surface area contributed by atoms with Crippen LogP contribution in [0.15, 0.2) is 18.2 Å². The van der Waals surface area contributed by atoms with Crippen LogP contribution in [0.2, 0.25) is 0 Å². The van der Waals surface area contributed by atoms with Crippen LogP contribution in [0.1, 0.15) is 12.5 Å². The molecule has 0 spiro atoms. The van der Waals surface area contributed by atoms with Crippen molar-refractivity contribution in [3.63, 3.8) is 0 Å². The van der Waals surface area contributed by atoms with Gasteiger partial charge in [-0.05, 0) is 31.4 Å². The molecule has 0 bridgehead atoms. The maximum atomic E-state index is 13.6. The molecule has 0 aliphatic carbocycles. The third kappa shape index (κ3) is 4.28. The lowest BCUT2D eigenvalue weighted by atomic mass is 10.1. The predicted molar refractivity (Wildman–Crippen MR) is 68.9 cm³/mol. The van der Waals surface area contributed by atoms with Crippen LogP contribution in [0.5, 0.6) is 0 Å². The molecule has 1 aromatic rings. The van der Waals surface area contributed by atoms with Gasteiger partial charge in [0.25, 0.3) is 0 Å². The van der Waals surface area contributed by atoms with Crippen LogP contribution >= 0.6 is 11.8 Å². The van der Waals surface area contributed by atoms with E-state index in [1.165, 1.54) is 11.8 Å². The van der Waals surface area contributed by atoms with Gasteiger partial charge in [0.05, 0.1) is 17.9 Å². The van der Waals surface area contributed by atoms with E-state index in [9.17, 15) is 17.6 Å². The van der Waals surface area contributed by atoms with Gasteiger partial charge >= 0.3 is 6.18 Å². The van der Waals surface area contributed by atoms with Gasteiger partial charge in [-0.15, -0.1) is 0 Å². The largest absolute Gasteiger partial charge is 0.416 e. The molecular weight excluding hydrogens is 282 g/mol. The van der Waals surface area contributed by atoms with E-state index in [2.05, 4.69) is 5.32 Å². The standard InChI is InChI=1S/C12H15F4NOS/c1-7(11(6-18)19-2)17-10-4-3-8(5-9(10)13)12(14,15)16/h3-5,7,11,17-18H,6H2,1-2H3. The average molecular weight is 297 g/mol. The van der Waals surface area contributed by atoms with Gasteiger partial charge in [-0.2, -0.15) is 24.9 Å². The van der Waals surface area contributed by atoms with Gasteiger partial charge in [-0.3, -0.25) is 0 Å². The van der Waals surface area contributed by atoms with E-state index >= 15 is 0 Å². The van der Waals surface area contributed by atoms with Gasteiger partial charge in [0.2, 0.25) is 0 Å². The monoisotopic (exact) mass is 297 g/mol. The molecule has 0 aliphatic rings. The molecular formula is C12H15F4NOS. The summed E-state index contributed by atoms with van der Waals surface area (Å²) >= 11 is 1.40. The van der Waals surface area contributed by atoms with Crippen LogP contribution in [0, 0.1) is 5.82 Å². The molecule has 2 unspecified atom stereocenters. The number of hydrogen-bond donors (Lipinski definition) is 2. The normalized spacial score (nSPS) is 15.1. The van der Waals surface area contributed by atoms with Crippen LogP contribution in [-0.2, 0) is 6.18 Å². The zero-order valence-corrected chi connectivity index (χ0v) is 11.3. The van der Waals surface area contributed by atoms with Crippen molar-refractivity contribution in [2.45, 2.75) is 24.4 Å². The SMILES string of the molecule is CSC(CO)C(C)Nc1ccc(C(F)(F)F)cc1F. The van der Waals surface area contributed by atoms with Crippen molar-refractivity contribution >= 4 is 17.4 Å². The van der Waals surface area contributed by atoms with Gasteiger partial charge in [-0.1, -0.05) is 0 Å². The van der Waals surface area contributed by atoms with E-state index in [1.54, 1.807) is 13.2 Å². The van der Waals surface area contributed by atoms with Crippen molar-refractivity contribution in [1.82, 2.24) is 0 Å². The molecule has 0 radical (unpaired) electrons. The molecule has 2 nitrogen and oxygen atoms in total. The molecule has 0 fully saturated rings. The van der Waals surface area contributed by atoms with Crippen molar-refractivity contribution < 1.29 is 22.7 Å². The second kappa shape index (κ2) is 6.47. The molecule has 0 heterocycles. The highest BCUT2D eigenvalue weighted by atomic mass is 32.2. The van der Waals surface area contributed by atoms with Crippen molar-refractivity contribution in [2.75, 3.05) is 18.2 Å². The number of aliphatic hydroxyl groups is 1. The summed E-state index contributed by atoms with van der Waals surface area (Å²) in [6.45, 7) is 1.63. The van der Waals surface area contributed by atoms with E-state index < -0.39 is 17.6 Å². The summed E-state index contributed by atoms with van der Waals surface area (Å²) in [5.41, 5.74) is -1.03. The van der Waals surface area contributed by atoms with Crippen LogP contribution < -0.4 is 5.32 Å². The average Bonchev–Trinajstić information content (AvgIpc) is 2.32. The lowest BCUT2D eigenvalue weighted by Crippen LogP contribution is -2.31. The molecule has 2 atom stereocenters. The molecule has 7 heteroatoms. The fourth-order valence-electron chi connectivity index (χ4n) is 1.58. The minimum absolute atomic E-state index is 0.00648. The molecule has 0 aromatic heterocycles. The first-order valence-electron chi connectivity index (χ1n) is 5.56. The summed E-state index contributed by atoms with van der Waals surface area (Å²) < 4.78 is 50.7. The molecule has 0 saturated heterocycles. The molecule has 1 aromatic carbocycles. The number of nitrogens with one attached hydrogen (secondary N) is 1. The van der Waals surface area contributed by atoms with Crippen molar-refractivity contribution in [2.24, 2.45) is 0 Å². The zero-order valence-electron chi connectivity index (χ0n) is 10.5. The smallest absolute Gasteiger partial charge is 0.395 e. The second-order valence-electron chi connectivity index (χ2n) is 4.08. The van der Waals surface area contributed by atoms with E-state index in [0.717, 1.165) is 12.1 Å². The van der Waals surface area contributed by atoms with E-state index in [-0.39, 0.29) is 23.6 Å². The molecule has 0 saturated carbocycles. The summed E-state index contributed by atoms with van der Waals surface area (Å²) in [4.78, 5) is 0. The second-order valence-corrected chi connectivity index (χ2v) is 5.16. The van der Waals surface area contributed by atoms with Crippen molar-refractivity contribution in [3.05, 3.63) is 29.6 Å². The summed E-state index contributed by atoms with van der Waals surface area (Å²) in [5, 5.41) is 11.7. The molecule has 0 amide bonds. The number of halogens is 4. The quantitative estimate of drug-likeness (QED) is 0.817. The Bertz CT molecular complexity index is 421. The number of anilines is 1. The van der Waals surface area contributed by atoms with Gasteiger partial charge in [0, 0.05) is 11.3 Å². The topological polar surface area (TPSA) is 32.3 Å². The van der Waals surface area contributed by atoms with Gasteiger partial charge in [-0.25, -0.2) is 4.39 Å². The number of alkyl halides is 3. The Kier molecular flexibility index (Phi) is 5.49. The molecule has 1 rings (SSSR count). The lowest BCUT2D eigenvalue weighted by molar-refractivity contribution is -0.137. The summed E-state index contributed by atoms with van der Waals surface area (Å²) in [7, 11) is 0. The Hall–Kier alpha value is -0.950. The molecule has 19 heavy (non-hydrogen) atoms. The molecule has 108 valence electrons. The van der Waals surface area contributed by atoms with Gasteiger partial charge < -0.3 is 10.4 Å². The first-order valence-corrected chi connectivity index (χ1v) is 6.85. The fraction of sp³-hybridized carbons (Fsp3) is 0.500. The van der Waals surface area contributed by atoms with Crippen molar-refractivity contribution in [1.29, 1.82) is 0 Å². The first-order chi connectivity index (χ1) is 8.79. The summed E-state index contributed by atoms with van der Waals surface area (Å²) in [5.74, 6) is -0.959. The minimum atomic E-state index is -4.56. The summed E-state index contributed by atoms with van der Waals surface area (Å²) in [6, 6.07) is 2.07. The maximum Gasteiger partial charge on any atom is 0.416 e. The Morgan fingerprint density at radius 2 is 2.00 bits per heavy atom. The fourth-order valence-corrected chi connectivity index (χ4v) is 2.21. The van der Waals surface area contributed by atoms with Crippen molar-refractivity contribution in [3.8, 4) is 0 Å². The molecule has 2 N–H and O–H groups in total. The highest BCUT2D eigenvalue weighted by molar-refractivity contribution is 7.99. The van der Waals surface area contributed by atoms with E-state index in [1.807, 2.05) is 0 Å². The Morgan fingerprint density at radius 3 is 2.42 bits per heavy atom. The Balaban J connectivity index is 2.86. The van der Waals surface area contributed by atoms with Crippen LogP contribution in [0.3, 0.4) is 0 Å². The highest BCUT2D eigenvalue weighted by Crippen LogP contribution is 2.31. The third-order valence-corrected chi connectivity index (χ3v) is 3.88. The highest BCUT2D eigenvalue weighted by Gasteiger charge is 2.31. The van der Waals surface area contributed by atoms with Crippen LogP contribution in [0.25, 0.3) is 0 Å². The van der Waals surface area contributed by atoms with E-state index in [4.69, 9.17) is 5.11 Å².